The van der Waals surface area contributed by atoms with Crippen molar-refractivity contribution in [1.29, 1.82) is 0 Å². The van der Waals surface area contributed by atoms with E-state index in [2.05, 4.69) is 29.8 Å². The number of rotatable bonds is 8. The first-order valence-electron chi connectivity index (χ1n) is 12.5. The third-order valence-electron chi connectivity index (χ3n) is 6.86. The molecular formula is C22H25N9O10P2. The average Bonchev–Trinajstić information content (AvgIpc) is 3.55. The molecule has 3 atom stereocenters. The number of phosphoric ester groups is 2. The van der Waals surface area contributed by atoms with Gasteiger partial charge in [-0.25, -0.2) is 19.1 Å². The number of aromatic amines is 1. The van der Waals surface area contributed by atoms with E-state index in [1.807, 2.05) is 19.1 Å². The first kappa shape index (κ1) is 29.3. The minimum atomic E-state index is -5.08. The lowest BCUT2D eigenvalue weighted by molar-refractivity contribution is -0.0411. The summed E-state index contributed by atoms with van der Waals surface area (Å²) in [6.07, 6.45) is -2.51. The second-order valence-electron chi connectivity index (χ2n) is 9.79. The molecule has 19 nitrogen and oxygen atoms in total. The number of nitrogen functional groups attached to an aromatic ring is 1. The van der Waals surface area contributed by atoms with E-state index in [1.54, 1.807) is 23.9 Å². The number of H-pyrrole nitrogens is 1. The molecule has 5 aromatic rings. The van der Waals surface area contributed by atoms with Crippen molar-refractivity contribution >= 4 is 66.6 Å². The summed E-state index contributed by atoms with van der Waals surface area (Å²) in [7, 11) is -8.28. The monoisotopic (exact) mass is 637 g/mol. The SMILES string of the molecule is Cc1cc2ncccc2c2nc(Nc3nc4c(=O)[nH]c(N)nc4n3[C@H]3C[C@H](OP(=O)(O)O)[C@@H](COP(=O)(O)O)O3)n(C)c12. The fraction of sp³-hybridized carbons (Fsp3) is 0.318. The fourth-order valence-electron chi connectivity index (χ4n) is 5.18. The van der Waals surface area contributed by atoms with E-state index in [0.717, 1.165) is 22.0 Å². The normalized spacial score (nSPS) is 19.6. The molecule has 0 aliphatic carbocycles. The lowest BCUT2D eigenvalue weighted by Crippen LogP contribution is -2.28. The van der Waals surface area contributed by atoms with Gasteiger partial charge in [0.15, 0.2) is 11.2 Å². The molecule has 6 rings (SSSR count). The van der Waals surface area contributed by atoms with Crippen molar-refractivity contribution in [3.05, 3.63) is 40.3 Å². The van der Waals surface area contributed by atoms with Crippen LogP contribution in [0.2, 0.25) is 0 Å². The van der Waals surface area contributed by atoms with Crippen LogP contribution in [0.3, 0.4) is 0 Å². The number of ether oxygens (including phenoxy) is 1. The van der Waals surface area contributed by atoms with E-state index in [9.17, 15) is 23.7 Å². The number of anilines is 3. The molecule has 0 radical (unpaired) electrons. The Morgan fingerprint density at radius 1 is 1.16 bits per heavy atom. The summed E-state index contributed by atoms with van der Waals surface area (Å²) >= 11 is 0. The lowest BCUT2D eigenvalue weighted by atomic mass is 10.1. The molecule has 0 unspecified atom stereocenters. The molecule has 43 heavy (non-hydrogen) atoms. The van der Waals surface area contributed by atoms with Crippen molar-refractivity contribution in [3.63, 3.8) is 0 Å². The van der Waals surface area contributed by atoms with Crippen LogP contribution in [0.1, 0.15) is 18.2 Å². The summed E-state index contributed by atoms with van der Waals surface area (Å²) in [5.41, 5.74) is 8.02. The summed E-state index contributed by atoms with van der Waals surface area (Å²) in [5, 5.41) is 3.89. The van der Waals surface area contributed by atoms with Crippen molar-refractivity contribution in [3.8, 4) is 0 Å². The zero-order valence-corrected chi connectivity index (χ0v) is 24.1. The van der Waals surface area contributed by atoms with E-state index < -0.39 is 46.2 Å². The molecular weight excluding hydrogens is 612 g/mol. The van der Waals surface area contributed by atoms with Gasteiger partial charge in [-0.15, -0.1) is 0 Å². The van der Waals surface area contributed by atoms with Crippen LogP contribution in [0.25, 0.3) is 33.1 Å². The van der Waals surface area contributed by atoms with Gasteiger partial charge in [0, 0.05) is 25.1 Å². The average molecular weight is 637 g/mol. The van der Waals surface area contributed by atoms with Crippen molar-refractivity contribution in [2.75, 3.05) is 17.7 Å². The number of fused-ring (bicyclic) bond motifs is 4. The Balaban J connectivity index is 1.46. The molecule has 0 saturated carbocycles. The molecule has 4 aromatic heterocycles. The van der Waals surface area contributed by atoms with Gasteiger partial charge in [-0.3, -0.25) is 33.7 Å². The first-order valence-corrected chi connectivity index (χ1v) is 15.6. The molecule has 0 spiro atoms. The Labute approximate surface area is 240 Å². The summed E-state index contributed by atoms with van der Waals surface area (Å²) in [4.78, 5) is 70.1. The molecule has 228 valence electrons. The molecule has 1 aromatic carbocycles. The summed E-state index contributed by atoms with van der Waals surface area (Å²) in [5.74, 6) is 0.0521. The highest BCUT2D eigenvalue weighted by molar-refractivity contribution is 7.46. The standard InChI is InChI=1S/C22H25N9O10P2/c1-9-6-11-10(4-3-5-24-11)15-17(9)30(2)21(25-15)29-22-26-16-18(27-20(23)28-19(16)32)31(22)14-7-12(41-43(36,37)38)13(40-14)8-39-42(33,34)35/h3-6,12-14H,7-8H2,1-2H3,(H,25,26,29)(H2,33,34,35)(H2,36,37,38)(H3,23,27,28,32)/t12-,13+,14+/m0/s1. The van der Waals surface area contributed by atoms with Crippen LogP contribution < -0.4 is 16.6 Å². The molecule has 0 amide bonds. The highest BCUT2D eigenvalue weighted by Gasteiger charge is 2.43. The summed E-state index contributed by atoms with van der Waals surface area (Å²) < 4.78 is 41.4. The van der Waals surface area contributed by atoms with Gasteiger partial charge in [0.25, 0.3) is 5.56 Å². The van der Waals surface area contributed by atoms with E-state index in [1.165, 1.54) is 4.57 Å². The van der Waals surface area contributed by atoms with Crippen LogP contribution in [-0.4, -0.2) is 72.4 Å². The first-order chi connectivity index (χ1) is 20.2. The predicted octanol–water partition coefficient (Wildman–Crippen LogP) is 1.06. The van der Waals surface area contributed by atoms with Gasteiger partial charge in [-0.05, 0) is 30.7 Å². The summed E-state index contributed by atoms with van der Waals surface area (Å²) in [6.45, 7) is 1.14. The van der Waals surface area contributed by atoms with Crippen molar-refractivity contribution in [2.24, 2.45) is 7.05 Å². The predicted molar refractivity (Wildman–Crippen MR) is 150 cm³/mol. The van der Waals surface area contributed by atoms with E-state index in [-0.39, 0.29) is 29.5 Å². The fourth-order valence-corrected chi connectivity index (χ4v) is 6.10. The smallest absolute Gasteiger partial charge is 0.369 e. The highest BCUT2D eigenvalue weighted by atomic mass is 31.2. The maximum Gasteiger partial charge on any atom is 0.469 e. The number of benzene rings is 1. The van der Waals surface area contributed by atoms with Crippen LogP contribution in [0.15, 0.2) is 29.2 Å². The molecule has 0 bridgehead atoms. The number of aryl methyl sites for hydroxylation is 2. The quantitative estimate of drug-likeness (QED) is 0.117. The van der Waals surface area contributed by atoms with Crippen LogP contribution in [0.5, 0.6) is 0 Å². The maximum atomic E-state index is 12.8. The van der Waals surface area contributed by atoms with Gasteiger partial charge < -0.3 is 34.6 Å². The molecule has 1 aliphatic heterocycles. The number of nitrogens with two attached hydrogens (primary N) is 1. The number of nitrogens with zero attached hydrogens (tertiary/aromatic N) is 6. The van der Waals surface area contributed by atoms with E-state index in [4.69, 9.17) is 29.8 Å². The third kappa shape index (κ3) is 5.65. The van der Waals surface area contributed by atoms with Crippen molar-refractivity contribution < 1.29 is 42.5 Å². The van der Waals surface area contributed by atoms with Gasteiger partial charge in [0.1, 0.15) is 24.0 Å². The number of hydrogen-bond donors (Lipinski definition) is 7. The molecule has 1 fully saturated rings. The number of pyridine rings is 1. The Morgan fingerprint density at radius 2 is 1.91 bits per heavy atom. The number of imidazole rings is 2. The van der Waals surface area contributed by atoms with Crippen LogP contribution in [0.4, 0.5) is 17.8 Å². The second-order valence-corrected chi connectivity index (χ2v) is 12.2. The van der Waals surface area contributed by atoms with Gasteiger partial charge >= 0.3 is 15.6 Å². The Bertz CT molecular complexity index is 2050. The largest absolute Gasteiger partial charge is 0.469 e. The van der Waals surface area contributed by atoms with Gasteiger partial charge in [0.05, 0.1) is 17.6 Å². The van der Waals surface area contributed by atoms with Gasteiger partial charge in [-0.2, -0.15) is 4.98 Å². The van der Waals surface area contributed by atoms with Gasteiger partial charge in [-0.1, -0.05) is 0 Å². The Kier molecular flexibility index (Phi) is 7.12. The summed E-state index contributed by atoms with van der Waals surface area (Å²) in [6, 6.07) is 5.61. The van der Waals surface area contributed by atoms with Gasteiger partial charge in [0.2, 0.25) is 17.8 Å². The number of aromatic nitrogens is 7. The zero-order chi connectivity index (χ0) is 30.8. The number of hydrogen-bond acceptors (Lipinski definition) is 12. The molecule has 5 heterocycles. The minimum absolute atomic E-state index is 0.00595. The van der Waals surface area contributed by atoms with Crippen molar-refractivity contribution in [1.82, 2.24) is 34.1 Å². The van der Waals surface area contributed by atoms with Crippen LogP contribution in [0, 0.1) is 6.92 Å². The van der Waals surface area contributed by atoms with E-state index >= 15 is 0 Å². The number of phosphoric acid groups is 2. The third-order valence-corrected chi connectivity index (χ3v) is 7.89. The highest BCUT2D eigenvalue weighted by Crippen LogP contribution is 2.46. The second kappa shape index (κ2) is 10.4. The minimum Gasteiger partial charge on any atom is -0.369 e. The molecule has 8 N–H and O–H groups in total. The van der Waals surface area contributed by atoms with Crippen molar-refractivity contribution in [2.45, 2.75) is 31.8 Å². The Hall–Kier alpha value is -3.77. The van der Waals surface area contributed by atoms with Crippen LogP contribution in [-0.2, 0) is 30.0 Å². The zero-order valence-electron chi connectivity index (χ0n) is 22.3. The van der Waals surface area contributed by atoms with Crippen LogP contribution >= 0.6 is 15.6 Å². The number of nitrogens with one attached hydrogen (secondary N) is 2. The maximum absolute atomic E-state index is 12.8. The Morgan fingerprint density at radius 3 is 2.63 bits per heavy atom. The topological polar surface area (TPSA) is 275 Å². The molecule has 1 aliphatic rings. The molecule has 1 saturated heterocycles. The molecule has 21 heteroatoms. The van der Waals surface area contributed by atoms with E-state index in [0.29, 0.717) is 11.5 Å². The lowest BCUT2D eigenvalue weighted by Gasteiger charge is -2.19.